The van der Waals surface area contributed by atoms with Gasteiger partial charge in [-0.3, -0.25) is 0 Å². The lowest BCUT2D eigenvalue weighted by molar-refractivity contribution is 1.22. The fraction of sp³-hybridized carbons (Fsp3) is 0. The molecule has 0 unspecified atom stereocenters. The van der Waals surface area contributed by atoms with Crippen molar-refractivity contribution in [2.24, 2.45) is 0 Å². The summed E-state index contributed by atoms with van der Waals surface area (Å²) in [5.41, 5.74) is 6.82. The van der Waals surface area contributed by atoms with Gasteiger partial charge in [0.1, 0.15) is 12.1 Å². The fourth-order valence-electron chi connectivity index (χ4n) is 1.80. The summed E-state index contributed by atoms with van der Waals surface area (Å²) in [4.78, 5) is 10.6. The lowest BCUT2D eigenvalue weighted by Crippen LogP contribution is -1.94. The zero-order chi connectivity index (χ0) is 12.4. The van der Waals surface area contributed by atoms with Crippen molar-refractivity contribution in [3.63, 3.8) is 0 Å². The first-order valence-electron chi connectivity index (χ1n) is 5.57. The lowest BCUT2D eigenvalue weighted by atomic mass is 10.2. The largest absolute Gasteiger partial charge is 0.383 e. The van der Waals surface area contributed by atoms with E-state index in [4.69, 9.17) is 5.73 Å². The molecule has 2 N–H and O–H groups in total. The number of nitrogens with two attached hydrogens (primary N) is 1. The number of aromatic nitrogens is 2. The van der Waals surface area contributed by atoms with Crippen LogP contribution in [-0.2, 0) is 0 Å². The van der Waals surface area contributed by atoms with Crippen molar-refractivity contribution in [3.8, 4) is 0 Å². The zero-order valence-corrected chi connectivity index (χ0v) is 10.4. The average Bonchev–Trinajstić information content (AvgIpc) is 2.40. The van der Waals surface area contributed by atoms with Gasteiger partial charge in [-0.25, -0.2) is 9.97 Å². The Bertz CT molecular complexity index is 678. The molecule has 0 bridgehead atoms. The molecule has 0 radical (unpaired) electrons. The lowest BCUT2D eigenvalue weighted by Gasteiger charge is -2.07. The normalized spacial score (nSPS) is 10.7. The summed E-state index contributed by atoms with van der Waals surface area (Å²) < 4.78 is 0. The molecule has 0 aliphatic rings. The predicted molar refractivity (Wildman–Crippen MR) is 74.5 cm³/mol. The van der Waals surface area contributed by atoms with Gasteiger partial charge in [0.2, 0.25) is 0 Å². The van der Waals surface area contributed by atoms with Crippen LogP contribution in [0.3, 0.4) is 0 Å². The van der Waals surface area contributed by atoms with Crippen LogP contribution in [0.5, 0.6) is 0 Å². The number of nitrogens with zero attached hydrogens (tertiary/aromatic N) is 2. The number of hydrogen-bond donors (Lipinski definition) is 1. The number of fused-ring (bicyclic) bond motifs is 1. The van der Waals surface area contributed by atoms with E-state index in [1.165, 1.54) is 11.2 Å². The van der Waals surface area contributed by atoms with Crippen molar-refractivity contribution in [2.75, 3.05) is 5.73 Å². The molecule has 0 saturated carbocycles. The molecule has 0 aliphatic heterocycles. The molecule has 88 valence electrons. The Balaban J connectivity index is 2.12. The van der Waals surface area contributed by atoms with Crippen LogP contribution in [0.4, 0.5) is 5.82 Å². The van der Waals surface area contributed by atoms with Crippen LogP contribution in [0.25, 0.3) is 10.9 Å². The smallest absolute Gasteiger partial charge is 0.135 e. The minimum atomic E-state index is 0.527. The Hall–Kier alpha value is -2.07. The maximum absolute atomic E-state index is 5.95. The molecule has 3 aromatic rings. The topological polar surface area (TPSA) is 51.8 Å². The highest BCUT2D eigenvalue weighted by molar-refractivity contribution is 7.99. The summed E-state index contributed by atoms with van der Waals surface area (Å²) in [6, 6.07) is 16.2. The average molecular weight is 253 g/mol. The first-order valence-corrected chi connectivity index (χ1v) is 6.38. The summed E-state index contributed by atoms with van der Waals surface area (Å²) in [5.74, 6) is 0.527. The number of benzene rings is 2. The van der Waals surface area contributed by atoms with Crippen molar-refractivity contribution in [1.82, 2.24) is 9.97 Å². The van der Waals surface area contributed by atoms with Crippen molar-refractivity contribution >= 4 is 28.5 Å². The first-order chi connectivity index (χ1) is 8.84. The van der Waals surface area contributed by atoms with Crippen LogP contribution in [0, 0.1) is 0 Å². The minimum absolute atomic E-state index is 0.527. The van der Waals surface area contributed by atoms with Gasteiger partial charge in [0.05, 0.1) is 10.9 Å². The van der Waals surface area contributed by atoms with Gasteiger partial charge in [0.25, 0.3) is 0 Å². The summed E-state index contributed by atoms with van der Waals surface area (Å²) in [6.07, 6.45) is 1.49. The number of rotatable bonds is 2. The molecule has 0 fully saturated rings. The Morgan fingerprint density at radius 2 is 1.72 bits per heavy atom. The van der Waals surface area contributed by atoms with E-state index < -0.39 is 0 Å². The second-order valence-electron chi connectivity index (χ2n) is 3.82. The van der Waals surface area contributed by atoms with Crippen LogP contribution in [0.2, 0.25) is 0 Å². The molecule has 18 heavy (non-hydrogen) atoms. The van der Waals surface area contributed by atoms with Gasteiger partial charge in [-0.05, 0) is 24.3 Å². The van der Waals surface area contributed by atoms with Crippen LogP contribution < -0.4 is 5.73 Å². The van der Waals surface area contributed by atoms with E-state index in [9.17, 15) is 0 Å². The quantitative estimate of drug-likeness (QED) is 0.760. The molecule has 0 aliphatic carbocycles. The highest BCUT2D eigenvalue weighted by Gasteiger charge is 2.07. The van der Waals surface area contributed by atoms with Gasteiger partial charge in [-0.1, -0.05) is 36.0 Å². The summed E-state index contributed by atoms with van der Waals surface area (Å²) in [5, 5.41) is 0.925. The molecule has 0 amide bonds. The molecule has 2 aromatic carbocycles. The highest BCUT2D eigenvalue weighted by Crippen LogP contribution is 2.34. The molecule has 1 heterocycles. The van der Waals surface area contributed by atoms with E-state index in [-0.39, 0.29) is 0 Å². The molecule has 0 saturated heterocycles. The van der Waals surface area contributed by atoms with Crippen LogP contribution in [0.1, 0.15) is 0 Å². The van der Waals surface area contributed by atoms with Gasteiger partial charge in [-0.15, -0.1) is 0 Å². The summed E-state index contributed by atoms with van der Waals surface area (Å²) >= 11 is 1.67. The third-order valence-corrected chi connectivity index (χ3v) is 3.69. The van der Waals surface area contributed by atoms with E-state index in [2.05, 4.69) is 22.1 Å². The van der Waals surface area contributed by atoms with E-state index >= 15 is 0 Å². The Morgan fingerprint density at radius 1 is 0.889 bits per heavy atom. The Morgan fingerprint density at radius 3 is 2.56 bits per heavy atom. The minimum Gasteiger partial charge on any atom is -0.383 e. The van der Waals surface area contributed by atoms with Gasteiger partial charge < -0.3 is 5.73 Å². The Labute approximate surface area is 109 Å². The van der Waals surface area contributed by atoms with Gasteiger partial charge >= 0.3 is 0 Å². The third-order valence-electron chi connectivity index (χ3n) is 2.63. The predicted octanol–water partition coefficient (Wildman–Crippen LogP) is 3.36. The van der Waals surface area contributed by atoms with E-state index in [0.717, 1.165) is 15.8 Å². The molecule has 1 aromatic heterocycles. The van der Waals surface area contributed by atoms with Gasteiger partial charge in [0, 0.05) is 9.79 Å². The maximum atomic E-state index is 5.95. The number of nitrogen functional groups attached to an aromatic ring is 1. The second kappa shape index (κ2) is 4.66. The highest BCUT2D eigenvalue weighted by atomic mass is 32.2. The summed E-state index contributed by atoms with van der Waals surface area (Å²) in [6.45, 7) is 0. The third kappa shape index (κ3) is 2.02. The van der Waals surface area contributed by atoms with E-state index in [0.29, 0.717) is 5.82 Å². The SMILES string of the molecule is Nc1ncnc2cccc(Sc3ccccc3)c12. The molecular formula is C14H11N3S. The standard InChI is InChI=1S/C14H11N3S/c15-14-13-11(16-9-17-14)7-4-8-12(13)18-10-5-2-1-3-6-10/h1-9H,(H2,15,16,17). The fourth-order valence-corrected chi connectivity index (χ4v) is 2.81. The van der Waals surface area contributed by atoms with E-state index in [1.807, 2.05) is 36.4 Å². The zero-order valence-electron chi connectivity index (χ0n) is 9.58. The monoisotopic (exact) mass is 253 g/mol. The molecule has 0 spiro atoms. The number of hydrogen-bond acceptors (Lipinski definition) is 4. The van der Waals surface area contributed by atoms with Crippen LogP contribution >= 0.6 is 11.8 Å². The molecule has 4 heteroatoms. The molecule has 3 nitrogen and oxygen atoms in total. The van der Waals surface area contributed by atoms with Crippen molar-refractivity contribution in [2.45, 2.75) is 9.79 Å². The van der Waals surface area contributed by atoms with Crippen LogP contribution in [0.15, 0.2) is 64.6 Å². The van der Waals surface area contributed by atoms with Crippen molar-refractivity contribution in [1.29, 1.82) is 0 Å². The summed E-state index contributed by atoms with van der Waals surface area (Å²) in [7, 11) is 0. The first kappa shape index (κ1) is 11.0. The Kier molecular flexibility index (Phi) is 2.86. The van der Waals surface area contributed by atoms with Gasteiger partial charge in [-0.2, -0.15) is 0 Å². The molecule has 3 rings (SSSR count). The molecular weight excluding hydrogens is 242 g/mol. The maximum Gasteiger partial charge on any atom is 0.135 e. The number of anilines is 1. The van der Waals surface area contributed by atoms with E-state index in [1.54, 1.807) is 11.8 Å². The van der Waals surface area contributed by atoms with Crippen molar-refractivity contribution < 1.29 is 0 Å². The molecule has 0 atom stereocenters. The van der Waals surface area contributed by atoms with Gasteiger partial charge in [0.15, 0.2) is 0 Å². The van der Waals surface area contributed by atoms with Crippen LogP contribution in [-0.4, -0.2) is 9.97 Å². The van der Waals surface area contributed by atoms with Crippen molar-refractivity contribution in [3.05, 3.63) is 54.9 Å². The second-order valence-corrected chi connectivity index (χ2v) is 4.94.